The smallest absolute Gasteiger partial charge is 0.387 e. The molecule has 1 aromatic heterocycles. The molecule has 2 nitrogen and oxygen atoms in total. The second kappa shape index (κ2) is 3.67. The molecule has 0 amide bonds. The zero-order valence-corrected chi connectivity index (χ0v) is 8.28. The van der Waals surface area contributed by atoms with Gasteiger partial charge in [-0.3, -0.25) is 0 Å². The van der Waals surface area contributed by atoms with E-state index in [0.717, 1.165) is 4.70 Å². The Hall–Kier alpha value is -0.940. The van der Waals surface area contributed by atoms with Gasteiger partial charge in [-0.05, 0) is 12.1 Å². The van der Waals surface area contributed by atoms with Crippen LogP contribution in [0.2, 0.25) is 4.47 Å². The van der Waals surface area contributed by atoms with Crippen molar-refractivity contribution in [3.05, 3.63) is 22.7 Å². The van der Waals surface area contributed by atoms with E-state index >= 15 is 0 Å². The Kier molecular flexibility index (Phi) is 2.52. The van der Waals surface area contributed by atoms with E-state index < -0.39 is 6.61 Å². The largest absolute Gasteiger partial charge is 0.432 e. The molecule has 0 saturated carbocycles. The number of para-hydroxylation sites is 1. The number of nitrogens with zero attached hydrogens (tertiary/aromatic N) is 1. The van der Waals surface area contributed by atoms with Crippen molar-refractivity contribution in [2.24, 2.45) is 0 Å². The highest BCUT2D eigenvalue weighted by Crippen LogP contribution is 2.32. The predicted molar refractivity (Wildman–Crippen MR) is 51.3 cm³/mol. The normalized spacial score (nSPS) is 11.1. The molecule has 2 rings (SSSR count). The van der Waals surface area contributed by atoms with E-state index in [9.17, 15) is 8.78 Å². The first-order valence-corrected chi connectivity index (χ1v) is 4.86. The monoisotopic (exact) mass is 235 g/mol. The fraction of sp³-hybridized carbons (Fsp3) is 0.125. The van der Waals surface area contributed by atoms with E-state index in [1.807, 2.05) is 0 Å². The van der Waals surface area contributed by atoms with Crippen LogP contribution in [0.3, 0.4) is 0 Å². The average Bonchev–Trinajstić information content (AvgIpc) is 2.45. The number of ether oxygens (including phenoxy) is 1. The van der Waals surface area contributed by atoms with E-state index in [1.165, 1.54) is 17.4 Å². The molecule has 2 aromatic rings. The summed E-state index contributed by atoms with van der Waals surface area (Å²) >= 11 is 6.88. The summed E-state index contributed by atoms with van der Waals surface area (Å²) in [6, 6.07) is 4.80. The van der Waals surface area contributed by atoms with Crippen molar-refractivity contribution in [3.63, 3.8) is 0 Å². The Labute approximate surface area is 87.1 Å². The van der Waals surface area contributed by atoms with Gasteiger partial charge in [0.05, 0.1) is 4.70 Å². The molecule has 0 unspecified atom stereocenters. The first-order valence-electron chi connectivity index (χ1n) is 3.66. The van der Waals surface area contributed by atoms with Gasteiger partial charge in [-0.15, -0.1) is 11.3 Å². The van der Waals surface area contributed by atoms with Gasteiger partial charge in [0.15, 0.2) is 10.2 Å². The van der Waals surface area contributed by atoms with Crippen molar-refractivity contribution in [3.8, 4) is 5.75 Å². The van der Waals surface area contributed by atoms with Gasteiger partial charge in [0.2, 0.25) is 0 Å². The summed E-state index contributed by atoms with van der Waals surface area (Å²) in [6.07, 6.45) is 0. The second-order valence-electron chi connectivity index (χ2n) is 2.45. The van der Waals surface area contributed by atoms with Crippen molar-refractivity contribution >= 4 is 33.2 Å². The molecule has 0 aliphatic rings. The van der Waals surface area contributed by atoms with Gasteiger partial charge in [-0.1, -0.05) is 17.7 Å². The lowest BCUT2D eigenvalue weighted by Crippen LogP contribution is -2.02. The van der Waals surface area contributed by atoms with Gasteiger partial charge >= 0.3 is 6.61 Å². The third kappa shape index (κ3) is 1.78. The van der Waals surface area contributed by atoms with E-state index in [0.29, 0.717) is 9.98 Å². The third-order valence-corrected chi connectivity index (χ3v) is 2.70. The van der Waals surface area contributed by atoms with Crippen molar-refractivity contribution in [2.75, 3.05) is 0 Å². The van der Waals surface area contributed by atoms with Gasteiger partial charge in [-0.2, -0.15) is 8.78 Å². The summed E-state index contributed by atoms with van der Waals surface area (Å²) in [5.41, 5.74) is 0.378. The SMILES string of the molecule is FC(F)Oc1cccc2sc(Cl)nc12. The second-order valence-corrected chi connectivity index (χ2v) is 4.06. The number of alkyl halides is 2. The first kappa shape index (κ1) is 9.61. The van der Waals surface area contributed by atoms with Gasteiger partial charge in [-0.25, -0.2) is 4.98 Å². The van der Waals surface area contributed by atoms with Crippen LogP contribution in [0, 0.1) is 0 Å². The molecule has 0 N–H and O–H groups in total. The van der Waals surface area contributed by atoms with Crippen LogP contribution >= 0.6 is 22.9 Å². The Bertz CT molecular complexity index is 460. The topological polar surface area (TPSA) is 22.1 Å². The fourth-order valence-corrected chi connectivity index (χ4v) is 2.13. The minimum atomic E-state index is -2.85. The van der Waals surface area contributed by atoms with Gasteiger partial charge in [0, 0.05) is 0 Å². The number of rotatable bonds is 2. The van der Waals surface area contributed by atoms with E-state index in [4.69, 9.17) is 11.6 Å². The number of fused-ring (bicyclic) bond motifs is 1. The fourth-order valence-electron chi connectivity index (χ4n) is 1.09. The molecule has 0 atom stereocenters. The van der Waals surface area contributed by atoms with Crippen LogP contribution in [0.1, 0.15) is 0 Å². The summed E-state index contributed by atoms with van der Waals surface area (Å²) in [7, 11) is 0. The molecule has 1 heterocycles. The minimum Gasteiger partial charge on any atom is -0.432 e. The van der Waals surface area contributed by atoms with Crippen LogP contribution < -0.4 is 4.74 Å². The maximum absolute atomic E-state index is 12.0. The molecule has 14 heavy (non-hydrogen) atoms. The van der Waals surface area contributed by atoms with Crippen molar-refractivity contribution in [1.29, 1.82) is 0 Å². The highest BCUT2D eigenvalue weighted by atomic mass is 35.5. The zero-order valence-electron chi connectivity index (χ0n) is 6.71. The molecule has 6 heteroatoms. The molecule has 0 fully saturated rings. The average molecular weight is 236 g/mol. The first-order chi connectivity index (χ1) is 6.66. The molecule has 1 aromatic carbocycles. The highest BCUT2D eigenvalue weighted by Gasteiger charge is 2.11. The molecule has 74 valence electrons. The minimum absolute atomic E-state index is 0.0562. The van der Waals surface area contributed by atoms with Gasteiger partial charge in [0.25, 0.3) is 0 Å². The summed E-state index contributed by atoms with van der Waals surface area (Å²) in [4.78, 5) is 3.89. The highest BCUT2D eigenvalue weighted by molar-refractivity contribution is 7.22. The lowest BCUT2D eigenvalue weighted by Gasteiger charge is -2.03. The van der Waals surface area contributed by atoms with Crippen molar-refractivity contribution < 1.29 is 13.5 Å². The number of hydrogen-bond acceptors (Lipinski definition) is 3. The number of halogens is 3. The Balaban J connectivity index is 2.53. The molecule has 0 radical (unpaired) electrons. The molecule has 0 aliphatic heterocycles. The third-order valence-electron chi connectivity index (χ3n) is 1.57. The molecule has 0 bridgehead atoms. The van der Waals surface area contributed by atoms with Gasteiger partial charge < -0.3 is 4.74 Å². The van der Waals surface area contributed by atoms with E-state index in [2.05, 4.69) is 9.72 Å². The van der Waals surface area contributed by atoms with Crippen LogP contribution in [-0.2, 0) is 0 Å². The quantitative estimate of drug-likeness (QED) is 0.794. The lowest BCUT2D eigenvalue weighted by atomic mass is 10.3. The number of benzene rings is 1. The number of thiazole rings is 1. The summed E-state index contributed by atoms with van der Waals surface area (Å²) < 4.78 is 29.3. The standard InChI is InChI=1S/C8H4ClF2NOS/c9-7-12-6-4(13-8(10)11)2-1-3-5(6)14-7/h1-3,8H. The van der Waals surface area contributed by atoms with Crippen molar-refractivity contribution in [2.45, 2.75) is 6.61 Å². The Morgan fingerprint density at radius 3 is 2.93 bits per heavy atom. The Morgan fingerprint density at radius 1 is 1.43 bits per heavy atom. The van der Waals surface area contributed by atoms with Crippen LogP contribution in [0.5, 0.6) is 5.75 Å². The van der Waals surface area contributed by atoms with Gasteiger partial charge in [0.1, 0.15) is 5.52 Å². The summed E-state index contributed by atoms with van der Waals surface area (Å²) in [5.74, 6) is 0.0562. The maximum atomic E-state index is 12.0. The van der Waals surface area contributed by atoms with E-state index in [1.54, 1.807) is 12.1 Å². The van der Waals surface area contributed by atoms with Crippen LogP contribution in [-0.4, -0.2) is 11.6 Å². The molecule has 0 saturated heterocycles. The zero-order chi connectivity index (χ0) is 10.1. The Morgan fingerprint density at radius 2 is 2.21 bits per heavy atom. The summed E-state index contributed by atoms with van der Waals surface area (Å²) in [5, 5.41) is 0. The predicted octanol–water partition coefficient (Wildman–Crippen LogP) is 3.55. The maximum Gasteiger partial charge on any atom is 0.387 e. The number of hydrogen-bond donors (Lipinski definition) is 0. The molecule has 0 spiro atoms. The summed E-state index contributed by atoms with van der Waals surface area (Å²) in [6.45, 7) is -2.85. The van der Waals surface area contributed by atoms with Crippen molar-refractivity contribution in [1.82, 2.24) is 4.98 Å². The van der Waals surface area contributed by atoms with Crippen LogP contribution in [0.25, 0.3) is 10.2 Å². The number of aromatic nitrogens is 1. The molecular weight excluding hydrogens is 232 g/mol. The lowest BCUT2D eigenvalue weighted by molar-refractivity contribution is -0.0489. The molecule has 0 aliphatic carbocycles. The van der Waals surface area contributed by atoms with Crippen LogP contribution in [0.15, 0.2) is 18.2 Å². The van der Waals surface area contributed by atoms with Crippen LogP contribution in [0.4, 0.5) is 8.78 Å². The van der Waals surface area contributed by atoms with E-state index in [-0.39, 0.29) is 5.75 Å². The molecular formula is C8H4ClF2NOS.